The minimum atomic E-state index is -0.162. The van der Waals surface area contributed by atoms with Crippen LogP contribution in [0.15, 0.2) is 60.4 Å². The summed E-state index contributed by atoms with van der Waals surface area (Å²) in [4.78, 5) is 25.2. The molecule has 0 radical (unpaired) electrons. The summed E-state index contributed by atoms with van der Waals surface area (Å²) >= 11 is 1.65. The number of amides is 1. The SMILES string of the molecule is O=C(NCCc1c[nH]c2cccnc12)c1ccc(-c2cccs2)cn1. The van der Waals surface area contributed by atoms with E-state index in [4.69, 9.17) is 0 Å². The van der Waals surface area contributed by atoms with Crippen LogP contribution in [0.4, 0.5) is 0 Å². The Kier molecular flexibility index (Phi) is 4.26. The zero-order valence-corrected chi connectivity index (χ0v) is 14.2. The Morgan fingerprint density at radius 3 is 2.92 bits per heavy atom. The molecule has 0 aromatic carbocycles. The molecule has 0 spiro atoms. The molecule has 2 N–H and O–H groups in total. The number of pyridine rings is 2. The van der Waals surface area contributed by atoms with Crippen LogP contribution in [-0.4, -0.2) is 27.4 Å². The summed E-state index contributed by atoms with van der Waals surface area (Å²) in [7, 11) is 0. The highest BCUT2D eigenvalue weighted by atomic mass is 32.1. The fraction of sp³-hybridized carbons (Fsp3) is 0.105. The van der Waals surface area contributed by atoms with Crippen LogP contribution in [0.3, 0.4) is 0 Å². The van der Waals surface area contributed by atoms with Gasteiger partial charge in [0.15, 0.2) is 0 Å². The molecule has 1 amide bonds. The first kappa shape index (κ1) is 15.5. The van der Waals surface area contributed by atoms with Crippen LogP contribution >= 0.6 is 11.3 Å². The van der Waals surface area contributed by atoms with Gasteiger partial charge in [-0.05, 0) is 47.7 Å². The topological polar surface area (TPSA) is 70.7 Å². The zero-order chi connectivity index (χ0) is 17.1. The van der Waals surface area contributed by atoms with Crippen molar-refractivity contribution in [1.82, 2.24) is 20.3 Å². The van der Waals surface area contributed by atoms with Gasteiger partial charge in [0.2, 0.25) is 0 Å². The van der Waals surface area contributed by atoms with Crippen LogP contribution in [0, 0.1) is 0 Å². The maximum atomic E-state index is 12.2. The second kappa shape index (κ2) is 6.86. The predicted molar refractivity (Wildman–Crippen MR) is 99.7 cm³/mol. The molecule has 4 aromatic heterocycles. The molecular weight excluding hydrogens is 332 g/mol. The summed E-state index contributed by atoms with van der Waals surface area (Å²) in [6, 6.07) is 11.6. The molecule has 25 heavy (non-hydrogen) atoms. The molecule has 0 aliphatic carbocycles. The van der Waals surface area contributed by atoms with Crippen molar-refractivity contribution in [2.45, 2.75) is 6.42 Å². The van der Waals surface area contributed by atoms with Gasteiger partial charge in [0.05, 0.1) is 11.0 Å². The molecule has 0 aliphatic heterocycles. The summed E-state index contributed by atoms with van der Waals surface area (Å²) in [5.74, 6) is -0.162. The number of fused-ring (bicyclic) bond motifs is 1. The maximum Gasteiger partial charge on any atom is 0.269 e. The Morgan fingerprint density at radius 1 is 1.16 bits per heavy atom. The molecule has 0 saturated carbocycles. The van der Waals surface area contributed by atoms with Gasteiger partial charge in [0.25, 0.3) is 5.91 Å². The van der Waals surface area contributed by atoms with Crippen molar-refractivity contribution in [3.63, 3.8) is 0 Å². The Bertz CT molecular complexity index is 990. The average molecular weight is 348 g/mol. The molecule has 0 atom stereocenters. The molecule has 0 aliphatic rings. The van der Waals surface area contributed by atoms with Gasteiger partial charge in [-0.15, -0.1) is 11.3 Å². The number of hydrogen-bond donors (Lipinski definition) is 2. The molecule has 4 aromatic rings. The summed E-state index contributed by atoms with van der Waals surface area (Å²) in [6.07, 6.45) is 6.18. The van der Waals surface area contributed by atoms with Gasteiger partial charge in [0, 0.05) is 35.6 Å². The van der Waals surface area contributed by atoms with Gasteiger partial charge in [-0.2, -0.15) is 0 Å². The van der Waals surface area contributed by atoms with E-state index in [0.29, 0.717) is 12.2 Å². The molecule has 6 heteroatoms. The third-order valence-corrected chi connectivity index (χ3v) is 4.91. The highest BCUT2D eigenvalue weighted by molar-refractivity contribution is 7.13. The fourth-order valence-corrected chi connectivity index (χ4v) is 3.44. The quantitative estimate of drug-likeness (QED) is 0.578. The lowest BCUT2D eigenvalue weighted by Gasteiger charge is -2.05. The first-order chi connectivity index (χ1) is 12.3. The molecule has 0 fully saturated rings. The van der Waals surface area contributed by atoms with E-state index in [1.54, 1.807) is 29.8 Å². The first-order valence-electron chi connectivity index (χ1n) is 8.00. The van der Waals surface area contributed by atoms with Crippen molar-refractivity contribution >= 4 is 28.3 Å². The average Bonchev–Trinajstić information content (AvgIpc) is 3.32. The van der Waals surface area contributed by atoms with Crippen molar-refractivity contribution in [3.05, 3.63) is 71.6 Å². The smallest absolute Gasteiger partial charge is 0.269 e. The van der Waals surface area contributed by atoms with Crippen molar-refractivity contribution in [3.8, 4) is 10.4 Å². The number of aromatic amines is 1. The van der Waals surface area contributed by atoms with E-state index in [-0.39, 0.29) is 5.91 Å². The molecule has 0 bridgehead atoms. The fourth-order valence-electron chi connectivity index (χ4n) is 2.72. The van der Waals surface area contributed by atoms with Crippen LogP contribution in [0.5, 0.6) is 0 Å². The van der Waals surface area contributed by atoms with Crippen molar-refractivity contribution in [2.24, 2.45) is 0 Å². The Labute approximate surface area is 148 Å². The molecule has 5 nitrogen and oxygen atoms in total. The third kappa shape index (κ3) is 3.29. The number of carbonyl (C=O) groups excluding carboxylic acids is 1. The normalized spacial score (nSPS) is 10.9. The molecule has 4 heterocycles. The second-order valence-corrected chi connectivity index (χ2v) is 6.58. The number of carbonyl (C=O) groups is 1. The molecule has 124 valence electrons. The van der Waals surface area contributed by atoms with E-state index >= 15 is 0 Å². The van der Waals surface area contributed by atoms with E-state index in [9.17, 15) is 4.79 Å². The van der Waals surface area contributed by atoms with E-state index in [0.717, 1.165) is 33.5 Å². The van der Waals surface area contributed by atoms with E-state index in [1.807, 2.05) is 41.9 Å². The van der Waals surface area contributed by atoms with Crippen LogP contribution in [0.1, 0.15) is 16.1 Å². The van der Waals surface area contributed by atoms with Crippen molar-refractivity contribution in [2.75, 3.05) is 6.54 Å². The molecule has 0 unspecified atom stereocenters. The minimum absolute atomic E-state index is 0.162. The number of nitrogens with zero attached hydrogens (tertiary/aromatic N) is 2. The zero-order valence-electron chi connectivity index (χ0n) is 13.4. The lowest BCUT2D eigenvalue weighted by molar-refractivity contribution is 0.0949. The van der Waals surface area contributed by atoms with E-state index < -0.39 is 0 Å². The van der Waals surface area contributed by atoms with Gasteiger partial charge >= 0.3 is 0 Å². The summed E-state index contributed by atoms with van der Waals surface area (Å²) in [6.45, 7) is 0.538. The Morgan fingerprint density at radius 2 is 2.12 bits per heavy atom. The Hall–Kier alpha value is -2.99. The Balaban J connectivity index is 1.37. The summed E-state index contributed by atoms with van der Waals surface area (Å²) in [5, 5.41) is 4.94. The molecule has 4 rings (SSSR count). The summed E-state index contributed by atoms with van der Waals surface area (Å²) < 4.78 is 0. The second-order valence-electron chi connectivity index (χ2n) is 5.63. The van der Waals surface area contributed by atoms with Crippen LogP contribution < -0.4 is 5.32 Å². The standard InChI is InChI=1S/C19H16N4OS/c24-19(16-6-5-13(11-23-16)17-4-2-10-25-17)21-9-7-14-12-22-15-3-1-8-20-18(14)15/h1-6,8,10-12,22H,7,9H2,(H,21,24). The molecule has 0 saturated heterocycles. The van der Waals surface area contributed by atoms with E-state index in [2.05, 4.69) is 20.3 Å². The first-order valence-corrected chi connectivity index (χ1v) is 8.88. The highest BCUT2D eigenvalue weighted by Crippen LogP contribution is 2.23. The van der Waals surface area contributed by atoms with Crippen LogP contribution in [0.2, 0.25) is 0 Å². The predicted octanol–water partition coefficient (Wildman–Crippen LogP) is 3.66. The summed E-state index contributed by atoms with van der Waals surface area (Å²) in [5.41, 5.74) is 4.51. The van der Waals surface area contributed by atoms with Crippen LogP contribution in [0.25, 0.3) is 21.5 Å². The number of aromatic nitrogens is 3. The van der Waals surface area contributed by atoms with Gasteiger partial charge < -0.3 is 10.3 Å². The van der Waals surface area contributed by atoms with Gasteiger partial charge in [-0.3, -0.25) is 14.8 Å². The van der Waals surface area contributed by atoms with Gasteiger partial charge in [-0.1, -0.05) is 6.07 Å². The van der Waals surface area contributed by atoms with Crippen molar-refractivity contribution < 1.29 is 4.79 Å². The number of nitrogens with one attached hydrogen (secondary N) is 2. The monoisotopic (exact) mass is 348 g/mol. The van der Waals surface area contributed by atoms with E-state index in [1.165, 1.54) is 0 Å². The maximum absolute atomic E-state index is 12.2. The van der Waals surface area contributed by atoms with Gasteiger partial charge in [0.1, 0.15) is 5.69 Å². The highest BCUT2D eigenvalue weighted by Gasteiger charge is 2.09. The van der Waals surface area contributed by atoms with Crippen molar-refractivity contribution in [1.29, 1.82) is 0 Å². The minimum Gasteiger partial charge on any atom is -0.360 e. The number of thiophene rings is 1. The number of hydrogen-bond acceptors (Lipinski definition) is 4. The van der Waals surface area contributed by atoms with Crippen LogP contribution in [-0.2, 0) is 6.42 Å². The van der Waals surface area contributed by atoms with Gasteiger partial charge in [-0.25, -0.2) is 0 Å². The molecular formula is C19H16N4OS. The number of rotatable bonds is 5. The lowest BCUT2D eigenvalue weighted by atomic mass is 10.2. The number of H-pyrrole nitrogens is 1. The third-order valence-electron chi connectivity index (χ3n) is 4.00. The largest absolute Gasteiger partial charge is 0.360 e. The lowest BCUT2D eigenvalue weighted by Crippen LogP contribution is -2.26.